The first-order chi connectivity index (χ1) is 13.1. The summed E-state index contributed by atoms with van der Waals surface area (Å²) in [4.78, 5) is 19.7. The predicted octanol–water partition coefficient (Wildman–Crippen LogP) is 2.72. The lowest BCUT2D eigenvalue weighted by molar-refractivity contribution is 0.0554. The average molecular weight is 368 g/mol. The van der Waals surface area contributed by atoms with Gasteiger partial charge in [0, 0.05) is 57.1 Å². The van der Waals surface area contributed by atoms with Gasteiger partial charge in [-0.25, -0.2) is 0 Å². The van der Waals surface area contributed by atoms with Gasteiger partial charge in [-0.3, -0.25) is 9.69 Å². The van der Waals surface area contributed by atoms with E-state index in [9.17, 15) is 4.79 Å². The molecule has 2 aromatic rings. The third kappa shape index (κ3) is 3.86. The van der Waals surface area contributed by atoms with Crippen LogP contribution in [0.15, 0.2) is 34.9 Å². The van der Waals surface area contributed by atoms with Crippen LogP contribution in [0.3, 0.4) is 0 Å². The highest BCUT2D eigenvalue weighted by Crippen LogP contribution is 2.24. The molecule has 0 bridgehead atoms. The lowest BCUT2D eigenvalue weighted by Gasteiger charge is -2.44. The van der Waals surface area contributed by atoms with Crippen molar-refractivity contribution in [2.75, 3.05) is 44.2 Å². The summed E-state index contributed by atoms with van der Waals surface area (Å²) in [7, 11) is 0. The summed E-state index contributed by atoms with van der Waals surface area (Å²) in [6.07, 6.45) is 2.21. The Morgan fingerprint density at radius 1 is 1.11 bits per heavy atom. The summed E-state index contributed by atoms with van der Waals surface area (Å²) in [5.74, 6) is 0.675. The van der Waals surface area contributed by atoms with Crippen LogP contribution in [0.4, 0.5) is 5.69 Å². The van der Waals surface area contributed by atoms with Gasteiger partial charge in [0.05, 0.1) is 0 Å². The molecular weight excluding hydrogens is 340 g/mol. The first-order valence-electron chi connectivity index (χ1n) is 9.89. The fourth-order valence-corrected chi connectivity index (χ4v) is 4.31. The van der Waals surface area contributed by atoms with Crippen LogP contribution in [0.1, 0.15) is 34.7 Å². The van der Waals surface area contributed by atoms with Crippen molar-refractivity contribution in [3.8, 4) is 0 Å². The molecule has 4 rings (SSSR count). The number of anilines is 1. The molecule has 6 nitrogen and oxygen atoms in total. The van der Waals surface area contributed by atoms with Gasteiger partial charge in [0.2, 0.25) is 0 Å². The number of carbonyl (C=O) groups is 1. The predicted molar refractivity (Wildman–Crippen MR) is 105 cm³/mol. The maximum absolute atomic E-state index is 12.7. The first kappa shape index (κ1) is 18.0. The van der Waals surface area contributed by atoms with Crippen LogP contribution in [-0.2, 0) is 0 Å². The van der Waals surface area contributed by atoms with Crippen molar-refractivity contribution >= 4 is 11.6 Å². The number of rotatable bonds is 3. The number of para-hydroxylation sites is 1. The number of carbonyl (C=O) groups excluding carboxylic acids is 1. The second-order valence-corrected chi connectivity index (χ2v) is 7.68. The van der Waals surface area contributed by atoms with E-state index in [1.807, 2.05) is 11.8 Å². The van der Waals surface area contributed by atoms with Crippen molar-refractivity contribution in [3.63, 3.8) is 0 Å². The molecule has 6 heteroatoms. The van der Waals surface area contributed by atoms with Gasteiger partial charge in [0.1, 0.15) is 5.76 Å². The third-order valence-electron chi connectivity index (χ3n) is 5.82. The molecule has 0 spiro atoms. The van der Waals surface area contributed by atoms with Crippen LogP contribution in [0.5, 0.6) is 0 Å². The molecular formula is C21H28N4O2. The molecule has 2 aliphatic heterocycles. The molecule has 27 heavy (non-hydrogen) atoms. The number of nitrogens with zero attached hydrogens (tertiary/aromatic N) is 4. The summed E-state index contributed by atoms with van der Waals surface area (Å²) < 4.78 is 5.07. The molecule has 1 amide bonds. The number of likely N-dealkylation sites (tertiary alicyclic amines) is 1. The molecule has 1 aromatic heterocycles. The Bertz CT molecular complexity index is 795. The number of aryl methyl sites for hydroxylation is 2. The van der Waals surface area contributed by atoms with Crippen molar-refractivity contribution in [2.24, 2.45) is 0 Å². The standard InChI is InChI=1S/C21H28N4O2/c1-16-6-3-4-8-20(16)24-12-10-23(11-13-24)18-7-5-9-25(15-18)21(26)19-14-17(2)27-22-19/h3-4,6,8,14,18H,5,7,9-13,15H2,1-2H3/t18-/m0/s1. The van der Waals surface area contributed by atoms with Crippen molar-refractivity contribution in [1.82, 2.24) is 15.0 Å². The number of benzene rings is 1. The maximum atomic E-state index is 12.7. The smallest absolute Gasteiger partial charge is 0.276 e. The summed E-state index contributed by atoms with van der Waals surface area (Å²) in [6.45, 7) is 9.76. The Morgan fingerprint density at radius 2 is 1.89 bits per heavy atom. The molecule has 3 heterocycles. The fraction of sp³-hybridized carbons (Fsp3) is 0.524. The van der Waals surface area contributed by atoms with Gasteiger partial charge in [-0.05, 0) is 38.3 Å². The van der Waals surface area contributed by atoms with Crippen LogP contribution in [0, 0.1) is 13.8 Å². The Kier molecular flexibility index (Phi) is 5.16. The van der Waals surface area contributed by atoms with Gasteiger partial charge in [-0.2, -0.15) is 0 Å². The van der Waals surface area contributed by atoms with Crippen molar-refractivity contribution < 1.29 is 9.32 Å². The van der Waals surface area contributed by atoms with Crippen LogP contribution in [0.25, 0.3) is 0 Å². The highest BCUT2D eigenvalue weighted by molar-refractivity contribution is 5.92. The van der Waals surface area contributed by atoms with E-state index in [0.717, 1.165) is 52.1 Å². The maximum Gasteiger partial charge on any atom is 0.276 e. The Morgan fingerprint density at radius 3 is 2.59 bits per heavy atom. The number of hydrogen-bond acceptors (Lipinski definition) is 5. The number of amides is 1. The van der Waals surface area contributed by atoms with E-state index in [2.05, 4.69) is 46.1 Å². The Labute approximate surface area is 160 Å². The zero-order chi connectivity index (χ0) is 18.8. The molecule has 0 saturated carbocycles. The minimum Gasteiger partial charge on any atom is -0.369 e. The van der Waals surface area contributed by atoms with E-state index in [1.165, 1.54) is 11.3 Å². The first-order valence-corrected chi connectivity index (χ1v) is 9.89. The Balaban J connectivity index is 1.36. The largest absolute Gasteiger partial charge is 0.369 e. The molecule has 0 aliphatic carbocycles. The lowest BCUT2D eigenvalue weighted by atomic mass is 10.0. The van der Waals surface area contributed by atoms with Crippen LogP contribution in [-0.4, -0.2) is 66.2 Å². The van der Waals surface area contributed by atoms with Gasteiger partial charge in [0.15, 0.2) is 5.69 Å². The number of aromatic nitrogens is 1. The molecule has 1 aromatic carbocycles. The Hall–Kier alpha value is -2.34. The molecule has 2 saturated heterocycles. The van der Waals surface area contributed by atoms with E-state index in [0.29, 0.717) is 17.5 Å². The van der Waals surface area contributed by atoms with Gasteiger partial charge in [-0.15, -0.1) is 0 Å². The minimum atomic E-state index is -0.00454. The summed E-state index contributed by atoms with van der Waals surface area (Å²) in [5.41, 5.74) is 3.11. The number of piperidine rings is 1. The van der Waals surface area contributed by atoms with E-state index < -0.39 is 0 Å². The fourth-order valence-electron chi connectivity index (χ4n) is 4.31. The van der Waals surface area contributed by atoms with E-state index in [1.54, 1.807) is 6.07 Å². The molecule has 1 atom stereocenters. The molecule has 2 fully saturated rings. The highest BCUT2D eigenvalue weighted by atomic mass is 16.5. The molecule has 0 N–H and O–H groups in total. The molecule has 2 aliphatic rings. The average Bonchev–Trinajstić information content (AvgIpc) is 3.14. The van der Waals surface area contributed by atoms with Crippen LogP contribution < -0.4 is 4.90 Å². The second kappa shape index (κ2) is 7.72. The normalized spacial score (nSPS) is 21.5. The van der Waals surface area contributed by atoms with Gasteiger partial charge in [-0.1, -0.05) is 23.4 Å². The SMILES string of the molecule is Cc1cc(C(=O)N2CCC[C@H](N3CCN(c4ccccc4C)CC3)C2)no1. The minimum absolute atomic E-state index is 0.00454. The van der Waals surface area contributed by atoms with E-state index in [-0.39, 0.29) is 5.91 Å². The van der Waals surface area contributed by atoms with Gasteiger partial charge < -0.3 is 14.3 Å². The van der Waals surface area contributed by atoms with Gasteiger partial charge in [0.25, 0.3) is 5.91 Å². The summed E-state index contributed by atoms with van der Waals surface area (Å²) in [6, 6.07) is 10.8. The summed E-state index contributed by atoms with van der Waals surface area (Å²) in [5, 5.41) is 3.89. The van der Waals surface area contributed by atoms with E-state index in [4.69, 9.17) is 4.52 Å². The van der Waals surface area contributed by atoms with Crippen molar-refractivity contribution in [3.05, 3.63) is 47.3 Å². The molecule has 144 valence electrons. The quantitative estimate of drug-likeness (QED) is 0.834. The number of hydrogen-bond donors (Lipinski definition) is 0. The van der Waals surface area contributed by atoms with Crippen LogP contribution >= 0.6 is 0 Å². The van der Waals surface area contributed by atoms with Crippen molar-refractivity contribution in [1.29, 1.82) is 0 Å². The lowest BCUT2D eigenvalue weighted by Crippen LogP contribution is -2.56. The second-order valence-electron chi connectivity index (χ2n) is 7.68. The van der Waals surface area contributed by atoms with Crippen molar-refractivity contribution in [2.45, 2.75) is 32.7 Å². The molecule has 0 unspecified atom stereocenters. The molecule has 0 radical (unpaired) electrons. The summed E-state index contributed by atoms with van der Waals surface area (Å²) >= 11 is 0. The zero-order valence-corrected chi connectivity index (χ0v) is 16.2. The number of piperazine rings is 1. The van der Waals surface area contributed by atoms with Gasteiger partial charge >= 0.3 is 0 Å². The van der Waals surface area contributed by atoms with E-state index >= 15 is 0 Å². The third-order valence-corrected chi connectivity index (χ3v) is 5.82. The topological polar surface area (TPSA) is 52.8 Å². The van der Waals surface area contributed by atoms with Crippen LogP contribution in [0.2, 0.25) is 0 Å². The monoisotopic (exact) mass is 368 g/mol. The highest BCUT2D eigenvalue weighted by Gasteiger charge is 2.31. The zero-order valence-electron chi connectivity index (χ0n) is 16.2.